The van der Waals surface area contributed by atoms with Crippen LogP contribution >= 0.6 is 0 Å². The summed E-state index contributed by atoms with van der Waals surface area (Å²) in [6.07, 6.45) is 0. The Morgan fingerprint density at radius 3 is 2.43 bits per heavy atom. The van der Waals surface area contributed by atoms with Crippen LogP contribution in [0.4, 0.5) is 11.4 Å². The van der Waals surface area contributed by atoms with Gasteiger partial charge in [-0.15, -0.1) is 0 Å². The zero-order valence-corrected chi connectivity index (χ0v) is 14.0. The number of rotatable bonds is 3. The molecule has 2 atom stereocenters. The summed E-state index contributed by atoms with van der Waals surface area (Å²) in [5.41, 5.74) is 3.48. The number of benzene rings is 2. The fourth-order valence-corrected chi connectivity index (χ4v) is 3.61. The molecule has 0 bridgehead atoms. The smallest absolute Gasteiger partial charge is 0.271 e. The molecule has 0 saturated heterocycles. The Balaban J connectivity index is 2.12. The minimum Gasteiger partial charge on any atom is -0.361 e. The van der Waals surface area contributed by atoms with Crippen LogP contribution in [0.1, 0.15) is 44.9 Å². The van der Waals surface area contributed by atoms with Crippen molar-refractivity contribution in [3.8, 4) is 0 Å². The first-order valence-corrected chi connectivity index (χ1v) is 7.96. The molecule has 0 aromatic heterocycles. The molecule has 0 spiro atoms. The minimum absolute atomic E-state index is 0.0481. The molecule has 1 heterocycles. The van der Waals surface area contributed by atoms with Crippen LogP contribution in [0, 0.1) is 10.1 Å². The quantitative estimate of drug-likeness (QED) is 0.602. The lowest BCUT2D eigenvalue weighted by Gasteiger charge is -2.36. The Labute approximate surface area is 136 Å². The van der Waals surface area contributed by atoms with E-state index in [2.05, 4.69) is 44.7 Å². The molecule has 0 amide bonds. The van der Waals surface area contributed by atoms with Crippen molar-refractivity contribution >= 4 is 11.4 Å². The summed E-state index contributed by atoms with van der Waals surface area (Å²) in [6.45, 7) is 8.78. The highest BCUT2D eigenvalue weighted by molar-refractivity contribution is 5.68. The highest BCUT2D eigenvalue weighted by atomic mass is 16.6. The predicted molar refractivity (Wildman–Crippen MR) is 92.9 cm³/mol. The Morgan fingerprint density at radius 1 is 1.17 bits per heavy atom. The third-order valence-electron chi connectivity index (χ3n) is 5.33. The van der Waals surface area contributed by atoms with Crippen LogP contribution in [0.5, 0.6) is 0 Å². The standard InChI is InChI=1S/C19H22N2O2/c1-13(15-8-6-5-7-9-15)20-14(2)19(3,4)17-11-10-16(21(22)23)12-18(17)20/h5-14H,1-4H3. The zero-order chi connectivity index (χ0) is 16.8. The molecule has 1 aliphatic heterocycles. The van der Waals surface area contributed by atoms with E-state index in [0.717, 1.165) is 5.69 Å². The first-order chi connectivity index (χ1) is 10.8. The van der Waals surface area contributed by atoms with Gasteiger partial charge in [-0.3, -0.25) is 10.1 Å². The molecule has 2 aromatic carbocycles. The van der Waals surface area contributed by atoms with E-state index in [-0.39, 0.29) is 28.1 Å². The maximum Gasteiger partial charge on any atom is 0.271 e. The van der Waals surface area contributed by atoms with Crippen molar-refractivity contribution in [2.75, 3.05) is 4.90 Å². The van der Waals surface area contributed by atoms with Crippen molar-refractivity contribution in [1.82, 2.24) is 0 Å². The van der Waals surface area contributed by atoms with Crippen molar-refractivity contribution in [3.63, 3.8) is 0 Å². The van der Waals surface area contributed by atoms with Crippen LogP contribution in [0.15, 0.2) is 48.5 Å². The number of hydrogen-bond donors (Lipinski definition) is 0. The highest BCUT2D eigenvalue weighted by Gasteiger charge is 2.44. The Morgan fingerprint density at radius 2 is 1.83 bits per heavy atom. The second-order valence-corrected chi connectivity index (χ2v) is 6.85. The average Bonchev–Trinajstić information content (AvgIpc) is 2.74. The number of nitro groups is 1. The van der Waals surface area contributed by atoms with Crippen LogP contribution in [0.2, 0.25) is 0 Å². The molecule has 3 rings (SSSR count). The summed E-state index contributed by atoms with van der Waals surface area (Å²) >= 11 is 0. The van der Waals surface area contributed by atoms with E-state index >= 15 is 0 Å². The Kier molecular flexibility index (Phi) is 3.63. The molecule has 2 unspecified atom stereocenters. The van der Waals surface area contributed by atoms with E-state index in [0.29, 0.717) is 0 Å². The molecular formula is C19H22N2O2. The van der Waals surface area contributed by atoms with E-state index in [4.69, 9.17) is 0 Å². The maximum atomic E-state index is 11.2. The van der Waals surface area contributed by atoms with Gasteiger partial charge in [-0.2, -0.15) is 0 Å². The molecule has 1 aliphatic rings. The van der Waals surface area contributed by atoms with Crippen molar-refractivity contribution < 1.29 is 4.92 Å². The van der Waals surface area contributed by atoms with Crippen LogP contribution in [-0.4, -0.2) is 11.0 Å². The molecule has 4 nitrogen and oxygen atoms in total. The summed E-state index contributed by atoms with van der Waals surface area (Å²) in [6, 6.07) is 16.0. The van der Waals surface area contributed by atoms with Gasteiger partial charge in [0, 0.05) is 29.3 Å². The summed E-state index contributed by atoms with van der Waals surface area (Å²) < 4.78 is 0. The topological polar surface area (TPSA) is 46.4 Å². The third-order valence-corrected chi connectivity index (χ3v) is 5.33. The van der Waals surface area contributed by atoms with Crippen molar-refractivity contribution in [2.24, 2.45) is 0 Å². The van der Waals surface area contributed by atoms with Crippen LogP contribution in [0.3, 0.4) is 0 Å². The van der Waals surface area contributed by atoms with Gasteiger partial charge < -0.3 is 4.90 Å². The van der Waals surface area contributed by atoms with Crippen molar-refractivity contribution in [1.29, 1.82) is 0 Å². The summed E-state index contributed by atoms with van der Waals surface area (Å²) in [4.78, 5) is 13.2. The SMILES string of the molecule is CC(c1ccccc1)N1c2cc([N+](=O)[O-])ccc2C(C)(C)C1C. The fraction of sp³-hybridized carbons (Fsp3) is 0.368. The molecule has 0 N–H and O–H groups in total. The minimum atomic E-state index is -0.318. The molecule has 0 saturated carbocycles. The Bertz CT molecular complexity index is 740. The van der Waals surface area contributed by atoms with Crippen molar-refractivity contribution in [2.45, 2.75) is 45.2 Å². The number of anilines is 1. The van der Waals surface area contributed by atoms with Gasteiger partial charge in [0.1, 0.15) is 0 Å². The van der Waals surface area contributed by atoms with Gasteiger partial charge in [0.25, 0.3) is 5.69 Å². The number of hydrogen-bond acceptors (Lipinski definition) is 3. The van der Waals surface area contributed by atoms with Gasteiger partial charge in [0.05, 0.1) is 11.0 Å². The number of fused-ring (bicyclic) bond motifs is 1. The van der Waals surface area contributed by atoms with Crippen LogP contribution in [0.25, 0.3) is 0 Å². The summed E-state index contributed by atoms with van der Waals surface area (Å²) in [7, 11) is 0. The van der Waals surface area contributed by atoms with Gasteiger partial charge >= 0.3 is 0 Å². The monoisotopic (exact) mass is 310 g/mol. The lowest BCUT2D eigenvalue weighted by molar-refractivity contribution is -0.384. The van der Waals surface area contributed by atoms with Gasteiger partial charge in [-0.25, -0.2) is 0 Å². The van der Waals surface area contributed by atoms with Gasteiger partial charge in [-0.1, -0.05) is 44.2 Å². The maximum absolute atomic E-state index is 11.2. The van der Waals surface area contributed by atoms with E-state index < -0.39 is 0 Å². The first kappa shape index (κ1) is 15.5. The summed E-state index contributed by atoms with van der Waals surface area (Å²) in [5.74, 6) is 0. The van der Waals surface area contributed by atoms with E-state index in [9.17, 15) is 10.1 Å². The van der Waals surface area contributed by atoms with Crippen LogP contribution < -0.4 is 4.90 Å². The van der Waals surface area contributed by atoms with Gasteiger partial charge in [0.2, 0.25) is 0 Å². The number of nitro benzene ring substituents is 1. The van der Waals surface area contributed by atoms with E-state index in [1.807, 2.05) is 24.3 Å². The first-order valence-electron chi connectivity index (χ1n) is 7.96. The molecule has 0 radical (unpaired) electrons. The molecule has 23 heavy (non-hydrogen) atoms. The van der Waals surface area contributed by atoms with E-state index in [1.54, 1.807) is 12.1 Å². The van der Waals surface area contributed by atoms with Gasteiger partial charge in [0.15, 0.2) is 0 Å². The lowest BCUT2D eigenvalue weighted by Crippen LogP contribution is -2.40. The largest absolute Gasteiger partial charge is 0.361 e. The van der Waals surface area contributed by atoms with E-state index in [1.165, 1.54) is 11.1 Å². The predicted octanol–water partition coefficient (Wildman–Crippen LogP) is 4.84. The fourth-order valence-electron chi connectivity index (χ4n) is 3.61. The second kappa shape index (κ2) is 5.37. The second-order valence-electron chi connectivity index (χ2n) is 6.85. The zero-order valence-electron chi connectivity index (χ0n) is 14.0. The molecule has 0 fully saturated rings. The number of nitrogens with zero attached hydrogens (tertiary/aromatic N) is 2. The van der Waals surface area contributed by atoms with Crippen LogP contribution in [-0.2, 0) is 5.41 Å². The molecule has 120 valence electrons. The average molecular weight is 310 g/mol. The highest BCUT2D eigenvalue weighted by Crippen LogP contribution is 2.49. The molecule has 4 heteroatoms. The number of non-ortho nitro benzene ring substituents is 1. The summed E-state index contributed by atoms with van der Waals surface area (Å²) in [5, 5.41) is 11.2. The molecular weight excluding hydrogens is 288 g/mol. The Hall–Kier alpha value is -2.36. The molecule has 2 aromatic rings. The normalized spacial score (nSPS) is 20.2. The third kappa shape index (κ3) is 2.38. The lowest BCUT2D eigenvalue weighted by atomic mass is 9.81. The van der Waals surface area contributed by atoms with Gasteiger partial charge in [-0.05, 0) is 31.0 Å². The molecule has 0 aliphatic carbocycles. The van der Waals surface area contributed by atoms with Crippen molar-refractivity contribution in [3.05, 3.63) is 69.8 Å².